The van der Waals surface area contributed by atoms with Gasteiger partial charge in [0, 0.05) is 35.0 Å². The summed E-state index contributed by atoms with van der Waals surface area (Å²) in [5.41, 5.74) is 2.78. The summed E-state index contributed by atoms with van der Waals surface area (Å²) >= 11 is 9.20. The van der Waals surface area contributed by atoms with Crippen molar-refractivity contribution in [1.82, 2.24) is 15.2 Å². The molecule has 5 rings (SSSR count). The van der Waals surface area contributed by atoms with E-state index in [0.717, 1.165) is 42.2 Å². The Morgan fingerprint density at radius 1 is 1.06 bits per heavy atom. The lowest BCUT2D eigenvalue weighted by Crippen LogP contribution is -2.31. The van der Waals surface area contributed by atoms with E-state index in [1.54, 1.807) is 12.3 Å². The van der Waals surface area contributed by atoms with Crippen molar-refractivity contribution < 1.29 is 8.81 Å². The average Bonchev–Trinajstić information content (AvgIpc) is 3.47. The lowest BCUT2D eigenvalue weighted by atomic mass is 10.0. The van der Waals surface area contributed by atoms with Crippen LogP contribution in [0.1, 0.15) is 30.0 Å². The zero-order valence-electron chi connectivity index (χ0n) is 18.8. The highest BCUT2D eigenvalue weighted by Crippen LogP contribution is 2.41. The highest BCUT2D eigenvalue weighted by atomic mass is 79.9. The van der Waals surface area contributed by atoms with Gasteiger partial charge in [-0.2, -0.15) is 0 Å². The predicted molar refractivity (Wildman–Crippen MR) is 144 cm³/mol. The summed E-state index contributed by atoms with van der Waals surface area (Å²) in [7, 11) is 0. The molecule has 1 aliphatic heterocycles. The van der Waals surface area contributed by atoms with E-state index in [1.807, 2.05) is 48.5 Å². The normalized spacial score (nSPS) is 17.4. The molecule has 0 spiro atoms. The first-order valence-corrected chi connectivity index (χ1v) is 12.6. The first-order valence-electron chi connectivity index (χ1n) is 11.4. The van der Waals surface area contributed by atoms with Crippen LogP contribution >= 0.6 is 28.1 Å². The van der Waals surface area contributed by atoms with E-state index in [9.17, 15) is 4.39 Å². The fourth-order valence-electron chi connectivity index (χ4n) is 4.34. The number of furan rings is 1. The van der Waals surface area contributed by atoms with Crippen LogP contribution in [0.25, 0.3) is 11.3 Å². The van der Waals surface area contributed by atoms with Crippen LogP contribution in [0.5, 0.6) is 0 Å². The van der Waals surface area contributed by atoms with Gasteiger partial charge in [-0.3, -0.25) is 4.98 Å². The van der Waals surface area contributed by atoms with Crippen molar-refractivity contribution in [1.29, 1.82) is 0 Å². The monoisotopic (exact) mass is 550 g/mol. The van der Waals surface area contributed by atoms with E-state index in [-0.39, 0.29) is 17.9 Å². The number of benzene rings is 2. The fourth-order valence-corrected chi connectivity index (χ4v) is 5.22. The molecule has 8 heteroatoms. The first kappa shape index (κ1) is 23.5. The summed E-state index contributed by atoms with van der Waals surface area (Å²) in [6, 6.07) is 24.2. The summed E-state index contributed by atoms with van der Waals surface area (Å²) in [5.74, 6) is 1.13. The molecule has 2 aromatic carbocycles. The van der Waals surface area contributed by atoms with Gasteiger partial charge in [0.2, 0.25) is 0 Å². The van der Waals surface area contributed by atoms with Gasteiger partial charge >= 0.3 is 0 Å². The van der Waals surface area contributed by atoms with Gasteiger partial charge in [0.25, 0.3) is 0 Å². The van der Waals surface area contributed by atoms with Crippen molar-refractivity contribution in [3.05, 3.63) is 107 Å². The Morgan fingerprint density at radius 2 is 1.89 bits per heavy atom. The van der Waals surface area contributed by atoms with Gasteiger partial charge in [-0.1, -0.05) is 24.3 Å². The maximum atomic E-state index is 13.6. The smallest absolute Gasteiger partial charge is 0.170 e. The topological polar surface area (TPSA) is 53.3 Å². The zero-order chi connectivity index (χ0) is 24.2. The Kier molecular flexibility index (Phi) is 7.11. The number of nitrogens with one attached hydrogen (secondary N) is 2. The van der Waals surface area contributed by atoms with Crippen molar-refractivity contribution in [3.8, 4) is 11.3 Å². The highest BCUT2D eigenvalue weighted by molar-refractivity contribution is 9.10. The van der Waals surface area contributed by atoms with E-state index >= 15 is 0 Å². The Morgan fingerprint density at radius 3 is 2.66 bits per heavy atom. The molecule has 1 aliphatic rings. The van der Waals surface area contributed by atoms with Crippen LogP contribution in [0.15, 0.2) is 93.9 Å². The quantitative estimate of drug-likeness (QED) is 0.187. The Balaban J connectivity index is 1.39. The molecular weight excluding hydrogens is 527 g/mol. The van der Waals surface area contributed by atoms with Gasteiger partial charge in [0.1, 0.15) is 23.4 Å². The second kappa shape index (κ2) is 10.6. The molecule has 0 aliphatic carbocycles. The maximum absolute atomic E-state index is 13.6. The number of hydrogen-bond donors (Lipinski definition) is 2. The molecule has 3 heterocycles. The average molecular weight is 551 g/mol. The molecule has 0 bridgehead atoms. The molecule has 2 aromatic heterocycles. The van der Waals surface area contributed by atoms with Crippen molar-refractivity contribution >= 4 is 38.9 Å². The molecule has 0 unspecified atom stereocenters. The van der Waals surface area contributed by atoms with Crippen molar-refractivity contribution in [2.24, 2.45) is 0 Å². The molecule has 178 valence electrons. The number of para-hydroxylation sites is 1. The number of halogens is 2. The van der Waals surface area contributed by atoms with Crippen molar-refractivity contribution in [3.63, 3.8) is 0 Å². The van der Waals surface area contributed by atoms with E-state index in [4.69, 9.17) is 16.6 Å². The lowest BCUT2D eigenvalue weighted by Gasteiger charge is -2.26. The van der Waals surface area contributed by atoms with Gasteiger partial charge in [0.15, 0.2) is 5.11 Å². The fraction of sp³-hybridized carbons (Fsp3) is 0.185. The first-order chi connectivity index (χ1) is 17.1. The third-order valence-electron chi connectivity index (χ3n) is 5.99. The minimum atomic E-state index is -0.303. The maximum Gasteiger partial charge on any atom is 0.170 e. The molecule has 0 radical (unpaired) electrons. The highest BCUT2D eigenvalue weighted by Gasteiger charge is 2.41. The largest absolute Gasteiger partial charge is 0.459 e. The number of nitrogens with zero attached hydrogens (tertiary/aromatic N) is 2. The second-order valence-electron chi connectivity index (χ2n) is 8.29. The van der Waals surface area contributed by atoms with Gasteiger partial charge in [-0.15, -0.1) is 0 Å². The minimum Gasteiger partial charge on any atom is -0.459 e. The van der Waals surface area contributed by atoms with Crippen molar-refractivity contribution in [2.75, 3.05) is 18.4 Å². The molecular formula is C27H24BrFN4OS. The molecule has 0 amide bonds. The standard InChI is InChI=1S/C27H24BrFN4OS/c28-21-17-18(29)10-11-20(21)23-12-13-24(34-23)26-25(22-9-4-5-14-31-22)32-27(35)33(26)16-6-15-30-19-7-2-1-3-8-19/h1-5,7-14,17,25-26,30H,6,15-16H2,(H,32,35)/t25-,26+/m0/s1. The molecule has 5 nitrogen and oxygen atoms in total. The Bertz CT molecular complexity index is 1300. The van der Waals surface area contributed by atoms with Gasteiger partial charge in [-0.05, 0) is 89.2 Å². The van der Waals surface area contributed by atoms with Gasteiger partial charge in [-0.25, -0.2) is 4.39 Å². The van der Waals surface area contributed by atoms with Crippen LogP contribution < -0.4 is 10.6 Å². The SMILES string of the molecule is Fc1ccc(-c2ccc([C@@H]3[C@H](c4ccccn4)NC(=S)N3CCCNc3ccccc3)o2)c(Br)c1. The van der Waals surface area contributed by atoms with Crippen LogP contribution in [0, 0.1) is 5.82 Å². The number of pyridine rings is 1. The molecule has 0 saturated carbocycles. The minimum absolute atomic E-state index is 0.151. The van der Waals surface area contributed by atoms with Crippen LogP contribution in [-0.4, -0.2) is 28.1 Å². The number of anilines is 1. The molecule has 1 saturated heterocycles. The summed E-state index contributed by atoms with van der Waals surface area (Å²) in [6.45, 7) is 1.56. The molecule has 4 aromatic rings. The second-order valence-corrected chi connectivity index (χ2v) is 9.53. The molecule has 1 fully saturated rings. The number of rotatable bonds is 8. The van der Waals surface area contributed by atoms with Crippen LogP contribution in [-0.2, 0) is 0 Å². The number of aromatic nitrogens is 1. The van der Waals surface area contributed by atoms with Gasteiger partial charge < -0.3 is 20.0 Å². The number of hydrogen-bond acceptors (Lipinski definition) is 4. The molecule has 35 heavy (non-hydrogen) atoms. The summed E-state index contributed by atoms with van der Waals surface area (Å²) < 4.78 is 20.6. The molecule has 2 atom stereocenters. The lowest BCUT2D eigenvalue weighted by molar-refractivity contribution is 0.274. The van der Waals surface area contributed by atoms with E-state index in [2.05, 4.69) is 48.6 Å². The van der Waals surface area contributed by atoms with Crippen LogP contribution in [0.4, 0.5) is 10.1 Å². The summed E-state index contributed by atoms with van der Waals surface area (Å²) in [6.07, 6.45) is 2.67. The third kappa shape index (κ3) is 5.23. The van der Waals surface area contributed by atoms with Gasteiger partial charge in [0.05, 0.1) is 11.7 Å². The Hall–Kier alpha value is -3.23. The number of thiocarbonyl (C=S) groups is 1. The van der Waals surface area contributed by atoms with E-state index in [0.29, 0.717) is 15.3 Å². The summed E-state index contributed by atoms with van der Waals surface area (Å²) in [4.78, 5) is 6.75. The Labute approximate surface area is 217 Å². The van der Waals surface area contributed by atoms with Crippen LogP contribution in [0.2, 0.25) is 0 Å². The van der Waals surface area contributed by atoms with E-state index in [1.165, 1.54) is 12.1 Å². The summed E-state index contributed by atoms with van der Waals surface area (Å²) in [5, 5.41) is 7.58. The van der Waals surface area contributed by atoms with Crippen molar-refractivity contribution in [2.45, 2.75) is 18.5 Å². The molecule has 2 N–H and O–H groups in total. The van der Waals surface area contributed by atoms with E-state index < -0.39 is 0 Å². The zero-order valence-corrected chi connectivity index (χ0v) is 21.2. The third-order valence-corrected chi connectivity index (χ3v) is 7.00. The predicted octanol–water partition coefficient (Wildman–Crippen LogP) is 6.72. The van der Waals surface area contributed by atoms with Crippen LogP contribution in [0.3, 0.4) is 0 Å².